The molecule has 0 aliphatic carbocycles. The van der Waals surface area contributed by atoms with Crippen LogP contribution in [0.25, 0.3) is 11.0 Å². The lowest BCUT2D eigenvalue weighted by molar-refractivity contribution is -0.146. The average Bonchev–Trinajstić information content (AvgIpc) is 3.20. The molecular formula is C20H18N2O6. The van der Waals surface area contributed by atoms with Crippen molar-refractivity contribution < 1.29 is 27.9 Å². The highest BCUT2D eigenvalue weighted by molar-refractivity contribution is 5.93. The maximum absolute atomic E-state index is 12.1. The summed E-state index contributed by atoms with van der Waals surface area (Å²) in [6.07, 6.45) is 1.42. The molecule has 0 saturated carbocycles. The number of carbonyl (C=O) groups excluding carboxylic acids is 2. The molecule has 1 aromatic carbocycles. The quantitative estimate of drug-likeness (QED) is 0.651. The Kier molecular flexibility index (Phi) is 5.36. The van der Waals surface area contributed by atoms with Crippen molar-refractivity contribution in [2.45, 2.75) is 20.3 Å². The maximum Gasteiger partial charge on any atom is 0.310 e. The summed E-state index contributed by atoms with van der Waals surface area (Å²) in [6, 6.07) is 7.25. The van der Waals surface area contributed by atoms with Crippen LogP contribution in [0.3, 0.4) is 0 Å². The standard InChI is InChI=1S/C20H18N2O6/c1-11-12(2)28-20(16(11)8-21)22-18(23)10-27-19(24)6-13-9-26-17-7-14(25-3)4-5-15(13)17/h4-5,7,9H,6,10H2,1-3H3,(H,22,23). The second-order valence-corrected chi connectivity index (χ2v) is 6.11. The van der Waals surface area contributed by atoms with Crippen LogP contribution in [0, 0.1) is 25.2 Å². The molecule has 1 amide bonds. The molecule has 0 aliphatic heterocycles. The van der Waals surface area contributed by atoms with Gasteiger partial charge in [-0.15, -0.1) is 0 Å². The molecule has 3 rings (SSSR count). The van der Waals surface area contributed by atoms with Gasteiger partial charge < -0.3 is 18.3 Å². The summed E-state index contributed by atoms with van der Waals surface area (Å²) < 4.78 is 20.9. The lowest BCUT2D eigenvalue weighted by Crippen LogP contribution is -2.21. The first-order valence-electron chi connectivity index (χ1n) is 8.42. The number of anilines is 1. The third-order valence-electron chi connectivity index (χ3n) is 4.31. The first kappa shape index (κ1) is 19.0. The Hall–Kier alpha value is -3.73. The highest BCUT2D eigenvalue weighted by Gasteiger charge is 2.18. The van der Waals surface area contributed by atoms with Crippen LogP contribution in [-0.4, -0.2) is 25.6 Å². The van der Waals surface area contributed by atoms with E-state index < -0.39 is 18.5 Å². The van der Waals surface area contributed by atoms with E-state index in [4.69, 9.17) is 23.6 Å². The molecule has 1 N–H and O–H groups in total. The predicted octanol–water partition coefficient (Wildman–Crippen LogP) is 3.25. The summed E-state index contributed by atoms with van der Waals surface area (Å²) in [5.41, 5.74) is 2.13. The van der Waals surface area contributed by atoms with E-state index in [1.807, 2.05) is 6.07 Å². The number of esters is 1. The number of nitrogens with one attached hydrogen (secondary N) is 1. The average molecular weight is 382 g/mol. The summed E-state index contributed by atoms with van der Waals surface area (Å²) in [5, 5.41) is 12.4. The number of nitrogens with zero attached hydrogens (tertiary/aromatic N) is 1. The molecule has 3 aromatic rings. The van der Waals surface area contributed by atoms with Crippen molar-refractivity contribution in [3.8, 4) is 11.8 Å². The third-order valence-corrected chi connectivity index (χ3v) is 4.31. The van der Waals surface area contributed by atoms with Crippen molar-refractivity contribution in [1.29, 1.82) is 5.26 Å². The van der Waals surface area contributed by atoms with Gasteiger partial charge in [-0.3, -0.25) is 14.9 Å². The fourth-order valence-electron chi connectivity index (χ4n) is 2.69. The molecule has 0 saturated heterocycles. The van der Waals surface area contributed by atoms with Crippen LogP contribution in [0.5, 0.6) is 5.75 Å². The van der Waals surface area contributed by atoms with Crippen LogP contribution in [0.15, 0.2) is 33.3 Å². The number of nitriles is 1. The Morgan fingerprint density at radius 3 is 2.79 bits per heavy atom. The predicted molar refractivity (Wildman–Crippen MR) is 99.0 cm³/mol. The zero-order valence-electron chi connectivity index (χ0n) is 15.6. The molecule has 8 heteroatoms. The van der Waals surface area contributed by atoms with Gasteiger partial charge >= 0.3 is 5.97 Å². The Bertz CT molecular complexity index is 1090. The summed E-state index contributed by atoms with van der Waals surface area (Å²) in [7, 11) is 1.55. The molecule has 0 unspecified atom stereocenters. The zero-order valence-corrected chi connectivity index (χ0v) is 15.6. The summed E-state index contributed by atoms with van der Waals surface area (Å²) in [6.45, 7) is 2.92. The molecule has 0 fully saturated rings. The Labute approximate surface area is 160 Å². The number of amides is 1. The van der Waals surface area contributed by atoms with Crippen LogP contribution in [0.2, 0.25) is 0 Å². The van der Waals surface area contributed by atoms with Crippen LogP contribution in [0.4, 0.5) is 5.88 Å². The summed E-state index contributed by atoms with van der Waals surface area (Å²) in [5.74, 6) is 0.0507. The zero-order chi connectivity index (χ0) is 20.3. The molecule has 0 radical (unpaired) electrons. The molecule has 2 aromatic heterocycles. The second-order valence-electron chi connectivity index (χ2n) is 6.11. The van der Waals surface area contributed by atoms with Crippen molar-refractivity contribution in [2.24, 2.45) is 0 Å². The van der Waals surface area contributed by atoms with E-state index in [0.29, 0.717) is 28.2 Å². The van der Waals surface area contributed by atoms with Gasteiger partial charge in [0.25, 0.3) is 5.91 Å². The van der Waals surface area contributed by atoms with Crippen LogP contribution in [0.1, 0.15) is 22.5 Å². The molecule has 0 spiro atoms. The number of methoxy groups -OCH3 is 1. The molecule has 144 valence electrons. The molecule has 0 aliphatic rings. The molecule has 0 atom stereocenters. The van der Waals surface area contributed by atoms with E-state index in [0.717, 1.165) is 5.39 Å². The highest BCUT2D eigenvalue weighted by atomic mass is 16.5. The van der Waals surface area contributed by atoms with E-state index in [1.165, 1.54) is 6.26 Å². The van der Waals surface area contributed by atoms with E-state index in [-0.39, 0.29) is 17.9 Å². The SMILES string of the molecule is COc1ccc2c(CC(=O)OCC(=O)Nc3oc(C)c(C)c3C#N)coc2c1. The largest absolute Gasteiger partial charge is 0.497 e. The minimum absolute atomic E-state index is 0.0466. The van der Waals surface area contributed by atoms with Crippen molar-refractivity contribution in [1.82, 2.24) is 0 Å². The normalized spacial score (nSPS) is 10.5. The van der Waals surface area contributed by atoms with Gasteiger partial charge in [-0.05, 0) is 26.0 Å². The first-order chi connectivity index (χ1) is 13.4. The van der Waals surface area contributed by atoms with E-state index in [2.05, 4.69) is 5.32 Å². The Balaban J connectivity index is 1.58. The van der Waals surface area contributed by atoms with Gasteiger partial charge in [-0.25, -0.2) is 0 Å². The minimum atomic E-state index is -0.597. The van der Waals surface area contributed by atoms with Gasteiger partial charge in [-0.1, -0.05) is 0 Å². The highest BCUT2D eigenvalue weighted by Crippen LogP contribution is 2.26. The van der Waals surface area contributed by atoms with Crippen molar-refractivity contribution in [2.75, 3.05) is 19.0 Å². The van der Waals surface area contributed by atoms with Gasteiger partial charge in [0.15, 0.2) is 6.61 Å². The Morgan fingerprint density at radius 1 is 1.29 bits per heavy atom. The molecular weight excluding hydrogens is 364 g/mol. The fraction of sp³-hybridized carbons (Fsp3) is 0.250. The number of fused-ring (bicyclic) bond motifs is 1. The topological polar surface area (TPSA) is 115 Å². The number of hydrogen-bond acceptors (Lipinski definition) is 7. The number of rotatable bonds is 6. The number of hydrogen-bond donors (Lipinski definition) is 1. The van der Waals surface area contributed by atoms with Crippen molar-refractivity contribution in [3.63, 3.8) is 0 Å². The minimum Gasteiger partial charge on any atom is -0.497 e. The second kappa shape index (κ2) is 7.88. The number of furan rings is 2. The van der Waals surface area contributed by atoms with Gasteiger partial charge in [0.05, 0.1) is 19.8 Å². The lowest BCUT2D eigenvalue weighted by atomic mass is 10.1. The Morgan fingerprint density at radius 2 is 2.07 bits per heavy atom. The maximum atomic E-state index is 12.1. The lowest BCUT2D eigenvalue weighted by Gasteiger charge is -2.05. The van der Waals surface area contributed by atoms with E-state index in [1.54, 1.807) is 39.2 Å². The van der Waals surface area contributed by atoms with Gasteiger partial charge in [0.1, 0.15) is 28.7 Å². The first-order valence-corrected chi connectivity index (χ1v) is 8.42. The summed E-state index contributed by atoms with van der Waals surface area (Å²) in [4.78, 5) is 24.1. The monoisotopic (exact) mass is 382 g/mol. The van der Waals surface area contributed by atoms with E-state index in [9.17, 15) is 9.59 Å². The van der Waals surface area contributed by atoms with E-state index >= 15 is 0 Å². The number of aryl methyl sites for hydroxylation is 1. The smallest absolute Gasteiger partial charge is 0.310 e. The van der Waals surface area contributed by atoms with Crippen LogP contribution < -0.4 is 10.1 Å². The van der Waals surface area contributed by atoms with Gasteiger partial charge in [-0.2, -0.15) is 5.26 Å². The fourth-order valence-corrected chi connectivity index (χ4v) is 2.69. The number of benzene rings is 1. The summed E-state index contributed by atoms with van der Waals surface area (Å²) >= 11 is 0. The van der Waals surface area contributed by atoms with Crippen LogP contribution in [-0.2, 0) is 20.7 Å². The molecule has 8 nitrogen and oxygen atoms in total. The molecule has 2 heterocycles. The van der Waals surface area contributed by atoms with Crippen LogP contribution >= 0.6 is 0 Å². The number of carbonyl (C=O) groups is 2. The van der Waals surface area contributed by atoms with Crippen molar-refractivity contribution in [3.05, 3.63) is 46.9 Å². The van der Waals surface area contributed by atoms with Crippen molar-refractivity contribution >= 4 is 28.7 Å². The number of ether oxygens (including phenoxy) is 2. The van der Waals surface area contributed by atoms with Gasteiger partial charge in [0.2, 0.25) is 5.88 Å². The third kappa shape index (κ3) is 3.83. The molecule has 0 bridgehead atoms. The van der Waals surface area contributed by atoms with Gasteiger partial charge in [0, 0.05) is 22.6 Å². The molecule has 28 heavy (non-hydrogen) atoms.